The third-order valence-corrected chi connectivity index (χ3v) is 6.58. The molecule has 3 heterocycles. The van der Waals surface area contributed by atoms with E-state index >= 15 is 0 Å². The van der Waals surface area contributed by atoms with Crippen molar-refractivity contribution < 1.29 is 8.78 Å². The summed E-state index contributed by atoms with van der Waals surface area (Å²) in [5.41, 5.74) is 5.32. The van der Waals surface area contributed by atoms with Gasteiger partial charge in [-0.25, -0.2) is 16.9 Å². The van der Waals surface area contributed by atoms with Crippen molar-refractivity contribution in [3.63, 3.8) is 0 Å². The van der Waals surface area contributed by atoms with Crippen LogP contribution >= 0.6 is 22.9 Å². The van der Waals surface area contributed by atoms with Gasteiger partial charge in [0.15, 0.2) is 0 Å². The van der Waals surface area contributed by atoms with E-state index in [0.717, 1.165) is 45.1 Å². The Kier molecular flexibility index (Phi) is 6.83. The highest BCUT2D eigenvalue weighted by atomic mass is 127. The minimum Gasteiger partial charge on any atom is -0.339 e. The number of pyridine rings is 2. The highest BCUT2D eigenvalue weighted by Crippen LogP contribution is 2.31. The molecule has 0 aliphatic rings. The van der Waals surface area contributed by atoms with Crippen LogP contribution in [0.1, 0.15) is 17.1 Å². The highest BCUT2D eigenvalue weighted by molar-refractivity contribution is 14.1. The molecule has 0 atom stereocenters. The molecule has 0 aliphatic carbocycles. The van der Waals surface area contributed by atoms with Crippen molar-refractivity contribution in [2.45, 2.75) is 19.9 Å². The maximum atomic E-state index is 14.0. The minimum atomic E-state index is -0.520. The number of fused-ring (bicyclic) bond motifs is 1. The maximum absolute atomic E-state index is 14.0. The lowest BCUT2D eigenvalue weighted by atomic mass is 10.1. The molecule has 35 heavy (non-hydrogen) atoms. The number of nitrogens with one attached hydrogen (secondary N) is 1. The predicted molar refractivity (Wildman–Crippen MR) is 142 cm³/mol. The molecular weight excluding hydrogens is 559 g/mol. The Morgan fingerprint density at radius 1 is 0.943 bits per heavy atom. The fourth-order valence-electron chi connectivity index (χ4n) is 4.04. The lowest BCUT2D eigenvalue weighted by molar-refractivity contribution is 0.477. The largest absolute Gasteiger partial charge is 0.339 e. The molecule has 0 unspecified atom stereocenters. The van der Waals surface area contributed by atoms with Crippen molar-refractivity contribution in [1.29, 1.82) is 0 Å². The summed E-state index contributed by atoms with van der Waals surface area (Å²) < 4.78 is 30.0. The number of rotatable bonds is 7. The van der Waals surface area contributed by atoms with Gasteiger partial charge < -0.3 is 4.98 Å². The van der Waals surface area contributed by atoms with E-state index in [1.54, 1.807) is 6.20 Å². The zero-order valence-electron chi connectivity index (χ0n) is 19.0. The number of hydrogen-bond acceptors (Lipinski definition) is 4. The van der Waals surface area contributed by atoms with Crippen LogP contribution in [0.25, 0.3) is 33.5 Å². The van der Waals surface area contributed by atoms with E-state index in [9.17, 15) is 8.78 Å². The number of hydrogen-bond donors (Lipinski definition) is 1. The molecule has 5 aromatic rings. The number of halogens is 3. The van der Waals surface area contributed by atoms with Crippen LogP contribution in [0, 0.1) is 18.6 Å². The molecule has 0 spiro atoms. The molecule has 0 aliphatic heterocycles. The van der Waals surface area contributed by atoms with Crippen molar-refractivity contribution in [3.05, 3.63) is 102 Å². The van der Waals surface area contributed by atoms with Gasteiger partial charge >= 0.3 is 0 Å². The number of aromatic nitrogens is 4. The van der Waals surface area contributed by atoms with Crippen LogP contribution in [-0.4, -0.2) is 29.6 Å². The van der Waals surface area contributed by atoms with Gasteiger partial charge in [-0.3, -0.25) is 9.97 Å². The fourth-order valence-corrected chi connectivity index (χ4v) is 4.61. The van der Waals surface area contributed by atoms with Gasteiger partial charge in [-0.05, 0) is 55.8 Å². The molecule has 3 aromatic heterocycles. The lowest BCUT2D eigenvalue weighted by Gasteiger charge is -2.13. The Morgan fingerprint density at radius 2 is 1.74 bits per heavy atom. The molecule has 5 nitrogen and oxygen atoms in total. The summed E-state index contributed by atoms with van der Waals surface area (Å²) in [6, 6.07) is 19.8. The molecule has 1 N–H and O–H groups in total. The third kappa shape index (κ3) is 5.23. The number of aromatic amines is 1. The number of imidazole rings is 1. The average Bonchev–Trinajstić information content (AvgIpc) is 3.27. The van der Waals surface area contributed by atoms with E-state index in [-0.39, 0.29) is 12.0 Å². The molecule has 176 valence electrons. The molecule has 0 radical (unpaired) electrons. The maximum Gasteiger partial charge on any atom is 0.129 e. The monoisotopic (exact) mass is 581 g/mol. The van der Waals surface area contributed by atoms with E-state index in [1.165, 1.54) is 18.2 Å². The van der Waals surface area contributed by atoms with Crippen LogP contribution in [0.2, 0.25) is 0 Å². The molecule has 0 fully saturated rings. The minimum absolute atomic E-state index is 0.101. The first-order chi connectivity index (χ1) is 17.0. The lowest BCUT2D eigenvalue weighted by Crippen LogP contribution is -2.16. The Bertz CT molecular complexity index is 1480. The van der Waals surface area contributed by atoms with E-state index in [0.29, 0.717) is 13.1 Å². The molecule has 2 aromatic carbocycles. The standard InChI is InChI=1S/C27H22F2IN5/c1-17-5-2-9-24(32-17)27-26(19-10-11-23-18(15-19)6-4-13-31-23)33-25(34-27)16-35(30)14-12-20-21(28)7-3-8-22(20)29/h2-11,13,15H,12,14,16H2,1H3,(H,33,34). The van der Waals surface area contributed by atoms with Gasteiger partial charge in [0.05, 0.1) is 29.1 Å². The first-order valence-corrected chi connectivity index (χ1v) is 12.2. The topological polar surface area (TPSA) is 57.7 Å². The Hall–Kier alpha value is -3.24. The van der Waals surface area contributed by atoms with Gasteiger partial charge in [-0.1, -0.05) is 24.3 Å². The summed E-state index contributed by atoms with van der Waals surface area (Å²) in [4.78, 5) is 17.5. The van der Waals surface area contributed by atoms with E-state index < -0.39 is 11.6 Å². The quantitative estimate of drug-likeness (QED) is 0.172. The van der Waals surface area contributed by atoms with Gasteiger partial charge in [0, 0.05) is 57.8 Å². The third-order valence-electron chi connectivity index (χ3n) is 5.76. The van der Waals surface area contributed by atoms with E-state index in [2.05, 4.69) is 38.9 Å². The zero-order valence-corrected chi connectivity index (χ0v) is 21.1. The van der Waals surface area contributed by atoms with Crippen LogP contribution in [0.15, 0.2) is 72.9 Å². The van der Waals surface area contributed by atoms with Gasteiger partial charge in [0.1, 0.15) is 17.5 Å². The van der Waals surface area contributed by atoms with Gasteiger partial charge in [0.25, 0.3) is 0 Å². The average molecular weight is 581 g/mol. The second kappa shape index (κ2) is 10.2. The number of benzene rings is 2. The summed E-state index contributed by atoms with van der Waals surface area (Å²) in [7, 11) is 0. The zero-order chi connectivity index (χ0) is 24.4. The Balaban J connectivity index is 1.45. The van der Waals surface area contributed by atoms with Crippen LogP contribution in [0.3, 0.4) is 0 Å². The number of aryl methyl sites for hydroxylation is 1. The van der Waals surface area contributed by atoms with Crippen molar-refractivity contribution in [1.82, 2.24) is 23.0 Å². The Morgan fingerprint density at radius 3 is 2.54 bits per heavy atom. The summed E-state index contributed by atoms with van der Waals surface area (Å²) in [5, 5.41) is 1.03. The molecule has 0 bridgehead atoms. The number of nitrogens with zero attached hydrogens (tertiary/aromatic N) is 4. The van der Waals surface area contributed by atoms with Crippen LogP contribution < -0.4 is 0 Å². The van der Waals surface area contributed by atoms with Crippen LogP contribution in [0.5, 0.6) is 0 Å². The van der Waals surface area contributed by atoms with Gasteiger partial charge in [-0.15, -0.1) is 0 Å². The van der Waals surface area contributed by atoms with E-state index in [4.69, 9.17) is 9.97 Å². The SMILES string of the molecule is Cc1cccc(-c2[nH]c(CN(I)CCc3c(F)cccc3F)nc2-c2ccc3ncccc3c2)n1. The van der Waals surface area contributed by atoms with Crippen molar-refractivity contribution in [3.8, 4) is 22.6 Å². The molecule has 5 rings (SSSR count). The molecular formula is C27H22F2IN5. The summed E-state index contributed by atoms with van der Waals surface area (Å²) in [6.07, 6.45) is 2.04. The fraction of sp³-hybridized carbons (Fsp3) is 0.148. The van der Waals surface area contributed by atoms with Crippen LogP contribution in [-0.2, 0) is 13.0 Å². The van der Waals surface area contributed by atoms with Gasteiger partial charge in [0.2, 0.25) is 0 Å². The Labute approximate surface area is 215 Å². The summed E-state index contributed by atoms with van der Waals surface area (Å²) in [6.45, 7) is 2.90. The summed E-state index contributed by atoms with van der Waals surface area (Å²) in [5.74, 6) is -0.296. The first-order valence-electron chi connectivity index (χ1n) is 11.2. The second-order valence-electron chi connectivity index (χ2n) is 8.28. The van der Waals surface area contributed by atoms with E-state index in [1.807, 2.05) is 52.5 Å². The highest BCUT2D eigenvalue weighted by Gasteiger charge is 2.18. The second-order valence-corrected chi connectivity index (χ2v) is 9.64. The first kappa shape index (κ1) is 23.5. The molecule has 0 saturated carbocycles. The predicted octanol–water partition coefficient (Wildman–Crippen LogP) is 6.67. The summed E-state index contributed by atoms with van der Waals surface area (Å²) >= 11 is 2.17. The smallest absolute Gasteiger partial charge is 0.129 e. The van der Waals surface area contributed by atoms with Crippen molar-refractivity contribution in [2.24, 2.45) is 0 Å². The van der Waals surface area contributed by atoms with Crippen molar-refractivity contribution in [2.75, 3.05) is 6.54 Å². The van der Waals surface area contributed by atoms with Crippen molar-refractivity contribution >= 4 is 33.8 Å². The van der Waals surface area contributed by atoms with Crippen LogP contribution in [0.4, 0.5) is 8.78 Å². The molecule has 8 heteroatoms. The molecule has 0 saturated heterocycles. The molecule has 0 amide bonds. The number of H-pyrrole nitrogens is 1. The van der Waals surface area contributed by atoms with Gasteiger partial charge in [-0.2, -0.15) is 0 Å². The normalized spacial score (nSPS) is 11.5.